The van der Waals surface area contributed by atoms with E-state index in [9.17, 15) is 0 Å². The fraction of sp³-hybridized carbons (Fsp3) is 0.389. The van der Waals surface area contributed by atoms with E-state index in [-0.39, 0.29) is 11.8 Å². The molecule has 1 aromatic carbocycles. The fourth-order valence-electron chi connectivity index (χ4n) is 3.22. The number of imidazole rings is 1. The minimum Gasteiger partial charge on any atom is -0.493 e. The van der Waals surface area contributed by atoms with Crippen LogP contribution >= 0.6 is 0 Å². The summed E-state index contributed by atoms with van der Waals surface area (Å²) >= 11 is 0. The molecule has 0 bridgehead atoms. The molecule has 27 heavy (non-hydrogen) atoms. The molecule has 0 spiro atoms. The molecule has 4 rings (SSSR count). The van der Waals surface area contributed by atoms with E-state index in [1.165, 1.54) is 5.56 Å². The number of nitrogens with two attached hydrogens (primary N) is 2. The number of ether oxygens (including phenoxy) is 2. The van der Waals surface area contributed by atoms with Crippen LogP contribution in [0.5, 0.6) is 5.75 Å². The van der Waals surface area contributed by atoms with Crippen molar-refractivity contribution in [2.45, 2.75) is 13.5 Å². The lowest BCUT2D eigenvalue weighted by atomic mass is 10.1. The number of anilines is 2. The van der Waals surface area contributed by atoms with Gasteiger partial charge in [-0.15, -0.1) is 0 Å². The Morgan fingerprint density at radius 3 is 2.78 bits per heavy atom. The van der Waals surface area contributed by atoms with Crippen LogP contribution in [0.3, 0.4) is 0 Å². The van der Waals surface area contributed by atoms with Crippen molar-refractivity contribution in [1.29, 1.82) is 0 Å². The topological polar surface area (TPSA) is 128 Å². The van der Waals surface area contributed by atoms with Crippen molar-refractivity contribution in [3.63, 3.8) is 0 Å². The van der Waals surface area contributed by atoms with Gasteiger partial charge in [0.2, 0.25) is 5.95 Å². The Hall–Kier alpha value is -2.91. The molecule has 3 heterocycles. The molecule has 1 aliphatic heterocycles. The van der Waals surface area contributed by atoms with E-state index >= 15 is 0 Å². The van der Waals surface area contributed by atoms with Gasteiger partial charge in [0.15, 0.2) is 17.0 Å². The number of nitrogens with zero attached hydrogens (tertiary/aromatic N) is 4. The molecule has 5 N–H and O–H groups in total. The van der Waals surface area contributed by atoms with E-state index in [2.05, 4.69) is 37.0 Å². The van der Waals surface area contributed by atoms with Crippen LogP contribution in [0.2, 0.25) is 0 Å². The number of rotatable bonds is 5. The minimum atomic E-state index is 0.112. The van der Waals surface area contributed by atoms with Crippen LogP contribution in [0, 0.1) is 0 Å². The summed E-state index contributed by atoms with van der Waals surface area (Å²) in [5.41, 5.74) is 14.6. The number of H-pyrrole nitrogens is 1. The zero-order valence-corrected chi connectivity index (χ0v) is 15.2. The first-order valence-electron chi connectivity index (χ1n) is 8.99. The number of aromatic nitrogens is 4. The SMILES string of the molecule is CCOc1cc(CN2CCOCC2)ccc1-c1nc2c(N)nc(N)nc2[nH]1. The van der Waals surface area contributed by atoms with Crippen molar-refractivity contribution in [2.75, 3.05) is 44.4 Å². The molecule has 3 aromatic rings. The predicted octanol–water partition coefficient (Wildman–Crippen LogP) is 1.42. The van der Waals surface area contributed by atoms with Crippen LogP contribution in [0.25, 0.3) is 22.6 Å². The predicted molar refractivity (Wildman–Crippen MR) is 103 cm³/mol. The Morgan fingerprint density at radius 2 is 2.00 bits per heavy atom. The van der Waals surface area contributed by atoms with Crippen molar-refractivity contribution < 1.29 is 9.47 Å². The molecule has 2 aromatic heterocycles. The lowest BCUT2D eigenvalue weighted by molar-refractivity contribution is 0.0341. The molecule has 1 aliphatic rings. The highest BCUT2D eigenvalue weighted by Crippen LogP contribution is 2.31. The highest BCUT2D eigenvalue weighted by molar-refractivity contribution is 5.86. The third-order valence-corrected chi connectivity index (χ3v) is 4.50. The first-order valence-corrected chi connectivity index (χ1v) is 8.99. The van der Waals surface area contributed by atoms with Crippen molar-refractivity contribution in [3.8, 4) is 17.1 Å². The van der Waals surface area contributed by atoms with Crippen LogP contribution in [0.1, 0.15) is 12.5 Å². The highest BCUT2D eigenvalue weighted by atomic mass is 16.5. The first-order chi connectivity index (χ1) is 13.1. The van der Waals surface area contributed by atoms with Crippen LogP contribution in [-0.2, 0) is 11.3 Å². The molecule has 0 atom stereocenters. The van der Waals surface area contributed by atoms with E-state index in [0.717, 1.165) is 44.2 Å². The smallest absolute Gasteiger partial charge is 0.224 e. The summed E-state index contributed by atoms with van der Waals surface area (Å²) in [6.45, 7) is 6.81. The third kappa shape index (κ3) is 3.64. The average Bonchev–Trinajstić information content (AvgIpc) is 3.07. The van der Waals surface area contributed by atoms with E-state index in [0.29, 0.717) is 23.6 Å². The maximum absolute atomic E-state index is 5.91. The van der Waals surface area contributed by atoms with Crippen LogP contribution in [0.4, 0.5) is 11.8 Å². The average molecular weight is 369 g/mol. The van der Waals surface area contributed by atoms with E-state index in [1.807, 2.05) is 13.0 Å². The molecule has 1 saturated heterocycles. The molecule has 0 aliphatic carbocycles. The molecular formula is C18H23N7O2. The molecule has 0 saturated carbocycles. The van der Waals surface area contributed by atoms with E-state index < -0.39 is 0 Å². The molecule has 9 nitrogen and oxygen atoms in total. The second-order valence-electron chi connectivity index (χ2n) is 6.40. The van der Waals surface area contributed by atoms with Gasteiger partial charge >= 0.3 is 0 Å². The quantitative estimate of drug-likeness (QED) is 0.616. The number of nitrogens with one attached hydrogen (secondary N) is 1. The fourth-order valence-corrected chi connectivity index (χ4v) is 3.22. The van der Waals surface area contributed by atoms with Gasteiger partial charge in [-0.05, 0) is 24.6 Å². The Bertz CT molecular complexity index is 950. The Labute approximate surface area is 156 Å². The maximum Gasteiger partial charge on any atom is 0.224 e. The Morgan fingerprint density at radius 1 is 1.19 bits per heavy atom. The number of hydrogen-bond donors (Lipinski definition) is 3. The normalized spacial score (nSPS) is 15.3. The minimum absolute atomic E-state index is 0.112. The van der Waals surface area contributed by atoms with Crippen LogP contribution < -0.4 is 16.2 Å². The van der Waals surface area contributed by atoms with Gasteiger partial charge in [-0.3, -0.25) is 4.90 Å². The first kappa shape index (κ1) is 17.5. The summed E-state index contributed by atoms with van der Waals surface area (Å²) in [6, 6.07) is 6.15. The highest BCUT2D eigenvalue weighted by Gasteiger charge is 2.16. The molecule has 142 valence electrons. The second-order valence-corrected chi connectivity index (χ2v) is 6.40. The summed E-state index contributed by atoms with van der Waals surface area (Å²) in [7, 11) is 0. The summed E-state index contributed by atoms with van der Waals surface area (Å²) in [5.74, 6) is 1.75. The molecule has 0 radical (unpaired) electrons. The van der Waals surface area contributed by atoms with Gasteiger partial charge in [0.25, 0.3) is 0 Å². The number of nitrogen functional groups attached to an aromatic ring is 2. The molecule has 9 heteroatoms. The molecular weight excluding hydrogens is 346 g/mol. The lowest BCUT2D eigenvalue weighted by Crippen LogP contribution is -2.35. The van der Waals surface area contributed by atoms with Crippen molar-refractivity contribution in [2.24, 2.45) is 0 Å². The van der Waals surface area contributed by atoms with Gasteiger partial charge in [-0.1, -0.05) is 6.07 Å². The van der Waals surface area contributed by atoms with Gasteiger partial charge < -0.3 is 25.9 Å². The summed E-state index contributed by atoms with van der Waals surface area (Å²) in [4.78, 5) is 18.2. The lowest BCUT2D eigenvalue weighted by Gasteiger charge is -2.26. The number of hydrogen-bond acceptors (Lipinski definition) is 8. The zero-order valence-electron chi connectivity index (χ0n) is 15.2. The van der Waals surface area contributed by atoms with Crippen LogP contribution in [-0.4, -0.2) is 57.7 Å². The van der Waals surface area contributed by atoms with Crippen molar-refractivity contribution in [3.05, 3.63) is 23.8 Å². The Balaban J connectivity index is 1.68. The number of aromatic amines is 1. The van der Waals surface area contributed by atoms with Gasteiger partial charge in [0.1, 0.15) is 11.6 Å². The molecule has 0 unspecified atom stereocenters. The summed E-state index contributed by atoms with van der Waals surface area (Å²) < 4.78 is 11.3. The summed E-state index contributed by atoms with van der Waals surface area (Å²) in [6.07, 6.45) is 0. The van der Waals surface area contributed by atoms with Gasteiger partial charge in [-0.2, -0.15) is 9.97 Å². The van der Waals surface area contributed by atoms with Gasteiger partial charge in [-0.25, -0.2) is 4.98 Å². The van der Waals surface area contributed by atoms with Crippen molar-refractivity contribution in [1.82, 2.24) is 24.8 Å². The third-order valence-electron chi connectivity index (χ3n) is 4.50. The summed E-state index contributed by atoms with van der Waals surface area (Å²) in [5, 5.41) is 0. The second kappa shape index (κ2) is 7.37. The largest absolute Gasteiger partial charge is 0.493 e. The molecule has 1 fully saturated rings. The maximum atomic E-state index is 5.91. The van der Waals surface area contributed by atoms with E-state index in [1.54, 1.807) is 0 Å². The number of morpholine rings is 1. The van der Waals surface area contributed by atoms with Gasteiger partial charge in [0, 0.05) is 19.6 Å². The standard InChI is InChI=1S/C18H23N7O2/c1-2-27-13-9-11(10-25-5-7-26-8-6-25)3-4-12(13)16-21-14-15(19)22-18(20)24-17(14)23-16/h3-4,9H,2,5-8,10H2,1H3,(H5,19,20,21,22,23,24). The van der Waals surface area contributed by atoms with E-state index in [4.69, 9.17) is 20.9 Å². The zero-order chi connectivity index (χ0) is 18.8. The van der Waals surface area contributed by atoms with Gasteiger partial charge in [0.05, 0.1) is 25.4 Å². The number of benzene rings is 1. The Kier molecular flexibility index (Phi) is 4.78. The van der Waals surface area contributed by atoms with Crippen molar-refractivity contribution >= 4 is 22.9 Å². The number of fused-ring (bicyclic) bond motifs is 1. The molecule has 0 amide bonds. The monoisotopic (exact) mass is 369 g/mol. The van der Waals surface area contributed by atoms with Crippen LogP contribution in [0.15, 0.2) is 18.2 Å².